The van der Waals surface area contributed by atoms with E-state index >= 15 is 0 Å². The highest BCUT2D eigenvalue weighted by molar-refractivity contribution is 5.85. The molecule has 3 heterocycles. The van der Waals surface area contributed by atoms with Gasteiger partial charge in [0.15, 0.2) is 0 Å². The molecule has 10 nitrogen and oxygen atoms in total. The van der Waals surface area contributed by atoms with Gasteiger partial charge in [-0.3, -0.25) is 0 Å². The van der Waals surface area contributed by atoms with Gasteiger partial charge in [0, 0.05) is 36.5 Å². The van der Waals surface area contributed by atoms with Gasteiger partial charge in [0.1, 0.15) is 5.82 Å². The molecule has 0 aliphatic heterocycles. The number of hydrogen-bond acceptors (Lipinski definition) is 8. The molecule has 0 unspecified atom stereocenters. The summed E-state index contributed by atoms with van der Waals surface area (Å²) in [6, 6.07) is 16.6. The lowest BCUT2D eigenvalue weighted by atomic mass is 10.0. The Morgan fingerprint density at radius 2 is 1.71 bits per heavy atom. The Labute approximate surface area is 220 Å². The fraction of sp³-hybridized carbons (Fsp3) is 0.250. The molecule has 0 aliphatic rings. The van der Waals surface area contributed by atoms with Crippen molar-refractivity contribution in [1.29, 1.82) is 0 Å². The first-order valence-corrected chi connectivity index (χ1v) is 12.5. The number of methoxy groups -OCH3 is 1. The van der Waals surface area contributed by atoms with Crippen molar-refractivity contribution in [2.45, 2.75) is 39.7 Å². The number of H-pyrrole nitrogens is 1. The molecule has 38 heavy (non-hydrogen) atoms. The third-order valence-corrected chi connectivity index (χ3v) is 6.36. The molecule has 0 atom stereocenters. The van der Waals surface area contributed by atoms with E-state index in [1.54, 1.807) is 6.20 Å². The zero-order valence-electron chi connectivity index (χ0n) is 21.5. The Morgan fingerprint density at radius 3 is 2.34 bits per heavy atom. The monoisotopic (exact) mass is 508 g/mol. The number of imidazole rings is 1. The van der Waals surface area contributed by atoms with Crippen LogP contribution in [0.15, 0.2) is 60.9 Å². The summed E-state index contributed by atoms with van der Waals surface area (Å²) in [6.45, 7) is 4.72. The first-order chi connectivity index (χ1) is 18.6. The van der Waals surface area contributed by atoms with Gasteiger partial charge in [-0.2, -0.15) is 5.21 Å². The van der Waals surface area contributed by atoms with Gasteiger partial charge in [-0.15, -0.1) is 10.2 Å². The number of rotatable bonds is 9. The molecule has 5 rings (SSSR count). The van der Waals surface area contributed by atoms with E-state index in [0.717, 1.165) is 53.0 Å². The van der Waals surface area contributed by atoms with Gasteiger partial charge >= 0.3 is 5.97 Å². The molecule has 0 bridgehead atoms. The first-order valence-electron chi connectivity index (χ1n) is 12.5. The van der Waals surface area contributed by atoms with Gasteiger partial charge < -0.3 is 9.30 Å². The van der Waals surface area contributed by atoms with Crippen LogP contribution in [0.1, 0.15) is 47.5 Å². The quantitative estimate of drug-likeness (QED) is 0.285. The highest BCUT2D eigenvalue weighted by Gasteiger charge is 2.16. The van der Waals surface area contributed by atoms with Crippen molar-refractivity contribution in [1.82, 2.24) is 40.1 Å². The largest absolute Gasteiger partial charge is 0.463 e. The van der Waals surface area contributed by atoms with Crippen molar-refractivity contribution in [3.05, 3.63) is 83.8 Å². The number of aryl methyl sites for hydroxylation is 2. The van der Waals surface area contributed by atoms with Crippen LogP contribution in [0.4, 0.5) is 0 Å². The third kappa shape index (κ3) is 5.34. The summed E-state index contributed by atoms with van der Waals surface area (Å²) in [5.74, 6) is 1.08. The molecule has 1 N–H and O–H groups in total. The number of aromatic nitrogens is 8. The Morgan fingerprint density at radius 1 is 1.00 bits per heavy atom. The van der Waals surface area contributed by atoms with Crippen LogP contribution < -0.4 is 0 Å². The predicted octanol–water partition coefficient (Wildman–Crippen LogP) is 4.67. The van der Waals surface area contributed by atoms with Crippen LogP contribution >= 0.6 is 0 Å². The molecular weight excluding hydrogens is 480 g/mol. The van der Waals surface area contributed by atoms with E-state index in [0.29, 0.717) is 18.1 Å². The summed E-state index contributed by atoms with van der Waals surface area (Å²) in [5.41, 5.74) is 6.61. The number of ether oxygens (including phenoxy) is 1. The van der Waals surface area contributed by atoms with Crippen molar-refractivity contribution in [2.24, 2.45) is 0 Å². The van der Waals surface area contributed by atoms with Crippen molar-refractivity contribution < 1.29 is 9.53 Å². The number of carbonyl (C=O) groups is 1. The van der Waals surface area contributed by atoms with Crippen molar-refractivity contribution in [3.8, 4) is 33.8 Å². The van der Waals surface area contributed by atoms with Gasteiger partial charge in [0.2, 0.25) is 11.6 Å². The van der Waals surface area contributed by atoms with E-state index in [1.807, 2.05) is 25.3 Å². The maximum atomic E-state index is 11.8. The van der Waals surface area contributed by atoms with Gasteiger partial charge in [-0.05, 0) is 35.2 Å². The summed E-state index contributed by atoms with van der Waals surface area (Å²) in [4.78, 5) is 25.2. The normalized spacial score (nSPS) is 11.0. The zero-order chi connectivity index (χ0) is 26.5. The number of nitrogens with zero attached hydrogens (tertiary/aromatic N) is 7. The van der Waals surface area contributed by atoms with Gasteiger partial charge in [-0.1, -0.05) is 61.9 Å². The summed E-state index contributed by atoms with van der Waals surface area (Å²) in [6.07, 6.45) is 6.69. The van der Waals surface area contributed by atoms with Crippen LogP contribution in [0.25, 0.3) is 33.8 Å². The molecule has 3 aromatic heterocycles. The number of aromatic amines is 1. The van der Waals surface area contributed by atoms with Crippen molar-refractivity contribution in [2.75, 3.05) is 7.11 Å². The Hall–Kier alpha value is -4.73. The molecule has 0 amide bonds. The minimum absolute atomic E-state index is 0.0453. The Bertz CT molecular complexity index is 1520. The molecule has 5 aromatic rings. The average Bonchev–Trinajstić information content (AvgIpc) is 3.63. The smallest absolute Gasteiger partial charge is 0.376 e. The minimum Gasteiger partial charge on any atom is -0.463 e. The topological polar surface area (TPSA) is 124 Å². The fourth-order valence-electron chi connectivity index (χ4n) is 4.26. The number of hydrogen-bond donors (Lipinski definition) is 1. The van der Waals surface area contributed by atoms with E-state index in [2.05, 4.69) is 78.5 Å². The Balaban J connectivity index is 1.36. The third-order valence-electron chi connectivity index (χ3n) is 6.36. The van der Waals surface area contributed by atoms with E-state index < -0.39 is 5.97 Å². The van der Waals surface area contributed by atoms with Crippen LogP contribution in [0, 0.1) is 6.92 Å². The second-order valence-corrected chi connectivity index (χ2v) is 8.97. The van der Waals surface area contributed by atoms with E-state index in [9.17, 15) is 4.79 Å². The van der Waals surface area contributed by atoms with Gasteiger partial charge in [0.05, 0.1) is 18.5 Å². The number of tetrazole rings is 1. The molecule has 2 aromatic carbocycles. The molecular formula is C28H28N8O2. The molecule has 0 fully saturated rings. The number of unbranched alkanes of at least 4 members (excludes halogenated alkanes) is 1. The molecule has 0 radical (unpaired) electrons. The molecule has 0 saturated carbocycles. The highest BCUT2D eigenvalue weighted by atomic mass is 16.5. The summed E-state index contributed by atoms with van der Waals surface area (Å²) in [5, 5.41) is 14.1. The van der Waals surface area contributed by atoms with E-state index in [-0.39, 0.29) is 5.82 Å². The maximum Gasteiger partial charge on any atom is 0.376 e. The summed E-state index contributed by atoms with van der Waals surface area (Å²) in [7, 11) is 1.32. The lowest BCUT2D eigenvalue weighted by Crippen LogP contribution is -2.08. The van der Waals surface area contributed by atoms with Crippen LogP contribution in [0.5, 0.6) is 0 Å². The van der Waals surface area contributed by atoms with Gasteiger partial charge in [-0.25, -0.2) is 19.7 Å². The van der Waals surface area contributed by atoms with Crippen molar-refractivity contribution >= 4 is 5.97 Å². The lowest BCUT2D eigenvalue weighted by Gasteiger charge is -2.09. The lowest BCUT2D eigenvalue weighted by molar-refractivity contribution is 0.0586. The standard InChI is InChI=1S/C28H28N8O2/c1-4-5-6-25-31-24(23-15-29-27(28(37)38-3)30-18(23)2)17-36(25)16-19-7-9-20(10-8-19)21-11-13-22(14-12-21)26-32-34-35-33-26/h7-15,17H,4-6,16H2,1-3H3,(H,32,33,34,35). The van der Waals surface area contributed by atoms with Crippen LogP contribution in [0.2, 0.25) is 0 Å². The van der Waals surface area contributed by atoms with E-state index in [4.69, 9.17) is 9.72 Å². The van der Waals surface area contributed by atoms with Gasteiger partial charge in [0.25, 0.3) is 0 Å². The average molecular weight is 509 g/mol. The number of benzene rings is 2. The summed E-state index contributed by atoms with van der Waals surface area (Å²) >= 11 is 0. The van der Waals surface area contributed by atoms with Crippen LogP contribution in [-0.2, 0) is 17.7 Å². The zero-order valence-corrected chi connectivity index (χ0v) is 21.5. The van der Waals surface area contributed by atoms with Crippen molar-refractivity contribution in [3.63, 3.8) is 0 Å². The maximum absolute atomic E-state index is 11.8. The van der Waals surface area contributed by atoms with E-state index in [1.165, 1.54) is 12.7 Å². The SMILES string of the molecule is CCCCc1nc(-c2cnc(C(=O)OC)nc2C)cn1Cc1ccc(-c2ccc(-c3nn[nH]n3)cc2)cc1. The molecule has 192 valence electrons. The fourth-order valence-corrected chi connectivity index (χ4v) is 4.26. The molecule has 10 heteroatoms. The predicted molar refractivity (Wildman–Crippen MR) is 142 cm³/mol. The highest BCUT2D eigenvalue weighted by Crippen LogP contribution is 2.25. The second-order valence-electron chi connectivity index (χ2n) is 8.97. The molecule has 0 aliphatic carbocycles. The first kappa shape index (κ1) is 24.9. The number of carbonyl (C=O) groups excluding carboxylic acids is 1. The second kappa shape index (κ2) is 11.1. The summed E-state index contributed by atoms with van der Waals surface area (Å²) < 4.78 is 6.92. The molecule has 0 spiro atoms. The number of esters is 1. The molecule has 0 saturated heterocycles. The van der Waals surface area contributed by atoms with Crippen LogP contribution in [0.3, 0.4) is 0 Å². The Kier molecular flexibility index (Phi) is 7.30. The minimum atomic E-state index is -0.555. The number of nitrogens with one attached hydrogen (secondary N) is 1. The van der Waals surface area contributed by atoms with Crippen LogP contribution in [-0.4, -0.2) is 53.2 Å².